The molecule has 0 aliphatic carbocycles. The van der Waals surface area contributed by atoms with Crippen molar-refractivity contribution in [2.24, 2.45) is 5.92 Å². The van der Waals surface area contributed by atoms with Gasteiger partial charge in [0.2, 0.25) is 0 Å². The minimum Gasteiger partial charge on any atom is -0.399 e. The summed E-state index contributed by atoms with van der Waals surface area (Å²) in [6.07, 6.45) is 0. The Labute approximate surface area is 105 Å². The number of rotatable bonds is 3. The molecule has 0 aromatic heterocycles. The summed E-state index contributed by atoms with van der Waals surface area (Å²) in [7, 11) is 1.80. The van der Waals surface area contributed by atoms with Gasteiger partial charge in [-0.1, -0.05) is 29.8 Å². The van der Waals surface area contributed by atoms with Gasteiger partial charge < -0.3 is 10.6 Å². The van der Waals surface area contributed by atoms with Gasteiger partial charge in [0, 0.05) is 29.3 Å². The van der Waals surface area contributed by atoms with Crippen LogP contribution >= 0.6 is 15.9 Å². The van der Waals surface area contributed by atoms with Gasteiger partial charge in [0.25, 0.3) is 5.91 Å². The second-order valence-electron chi connectivity index (χ2n) is 4.35. The Morgan fingerprint density at radius 1 is 1.44 bits per heavy atom. The highest BCUT2D eigenvalue weighted by atomic mass is 79.9. The van der Waals surface area contributed by atoms with Crippen molar-refractivity contribution >= 4 is 27.5 Å². The van der Waals surface area contributed by atoms with E-state index in [4.69, 9.17) is 5.73 Å². The molecule has 0 bridgehead atoms. The summed E-state index contributed by atoms with van der Waals surface area (Å²) in [6.45, 7) is 4.91. The second kappa shape index (κ2) is 5.34. The number of hydrogen-bond acceptors (Lipinski definition) is 2. The molecule has 0 aliphatic heterocycles. The lowest BCUT2D eigenvalue weighted by molar-refractivity contribution is 0.0779. The molecule has 2 N–H and O–H groups in total. The van der Waals surface area contributed by atoms with E-state index < -0.39 is 0 Å². The quantitative estimate of drug-likeness (QED) is 0.868. The van der Waals surface area contributed by atoms with Gasteiger partial charge in [-0.2, -0.15) is 0 Å². The van der Waals surface area contributed by atoms with Crippen LogP contribution in [0.5, 0.6) is 0 Å². The lowest BCUT2D eigenvalue weighted by atomic mass is 10.1. The topological polar surface area (TPSA) is 46.3 Å². The van der Waals surface area contributed by atoms with E-state index >= 15 is 0 Å². The molecule has 0 saturated carbocycles. The van der Waals surface area contributed by atoms with Crippen LogP contribution in [0.4, 0.5) is 5.69 Å². The molecule has 1 rings (SSSR count). The van der Waals surface area contributed by atoms with Crippen molar-refractivity contribution < 1.29 is 4.79 Å². The summed E-state index contributed by atoms with van der Waals surface area (Å²) in [5.41, 5.74) is 6.91. The van der Waals surface area contributed by atoms with Crippen molar-refractivity contribution in [3.05, 3.63) is 28.2 Å². The summed E-state index contributed by atoms with van der Waals surface area (Å²) >= 11 is 3.33. The molecule has 1 aromatic carbocycles. The first-order valence-electron chi connectivity index (χ1n) is 5.21. The minimum absolute atomic E-state index is 0.00157. The van der Waals surface area contributed by atoms with Crippen molar-refractivity contribution in [1.82, 2.24) is 4.90 Å². The molecule has 0 unspecified atom stereocenters. The molecule has 0 heterocycles. The number of amides is 1. The normalized spacial score (nSPS) is 10.6. The monoisotopic (exact) mass is 284 g/mol. The van der Waals surface area contributed by atoms with Gasteiger partial charge in [-0.05, 0) is 24.1 Å². The van der Waals surface area contributed by atoms with Crippen LogP contribution in [0.15, 0.2) is 22.7 Å². The molecule has 16 heavy (non-hydrogen) atoms. The average Bonchev–Trinajstić information content (AvgIpc) is 2.13. The fourth-order valence-corrected chi connectivity index (χ4v) is 2.10. The average molecular weight is 285 g/mol. The SMILES string of the molecule is CC(C)CN(C)C(=O)c1cc(N)cc(Br)c1. The molecule has 0 radical (unpaired) electrons. The highest BCUT2D eigenvalue weighted by Crippen LogP contribution is 2.18. The van der Waals surface area contributed by atoms with Crippen molar-refractivity contribution in [1.29, 1.82) is 0 Å². The third-order valence-corrected chi connectivity index (χ3v) is 2.61. The predicted octanol–water partition coefficient (Wildman–Crippen LogP) is 2.76. The number of nitrogen functional groups attached to an aromatic ring is 1. The Morgan fingerprint density at radius 3 is 2.56 bits per heavy atom. The summed E-state index contributed by atoms with van der Waals surface area (Å²) in [5.74, 6) is 0.458. The van der Waals surface area contributed by atoms with E-state index in [9.17, 15) is 4.79 Å². The molecule has 0 fully saturated rings. The molecule has 88 valence electrons. The van der Waals surface area contributed by atoms with Crippen LogP contribution in [0.2, 0.25) is 0 Å². The van der Waals surface area contributed by atoms with E-state index in [1.807, 2.05) is 0 Å². The molecular formula is C12H17BrN2O. The van der Waals surface area contributed by atoms with Crippen LogP contribution in [0.1, 0.15) is 24.2 Å². The number of carbonyl (C=O) groups is 1. The molecule has 0 saturated heterocycles. The van der Waals surface area contributed by atoms with E-state index in [2.05, 4.69) is 29.8 Å². The van der Waals surface area contributed by atoms with Gasteiger partial charge in [0.05, 0.1) is 0 Å². The summed E-state index contributed by atoms with van der Waals surface area (Å²) in [4.78, 5) is 13.7. The molecule has 0 atom stereocenters. The number of benzene rings is 1. The lowest BCUT2D eigenvalue weighted by Crippen LogP contribution is -2.30. The Balaban J connectivity index is 2.87. The van der Waals surface area contributed by atoms with Crippen molar-refractivity contribution in [2.45, 2.75) is 13.8 Å². The van der Waals surface area contributed by atoms with Gasteiger partial charge in [-0.25, -0.2) is 0 Å². The van der Waals surface area contributed by atoms with Crippen LogP contribution in [0, 0.1) is 5.92 Å². The molecule has 0 spiro atoms. The fourth-order valence-electron chi connectivity index (χ4n) is 1.59. The van der Waals surface area contributed by atoms with Crippen molar-refractivity contribution in [3.63, 3.8) is 0 Å². The van der Waals surface area contributed by atoms with Gasteiger partial charge in [0.1, 0.15) is 0 Å². The number of anilines is 1. The van der Waals surface area contributed by atoms with E-state index in [1.165, 1.54) is 0 Å². The number of halogens is 1. The number of hydrogen-bond donors (Lipinski definition) is 1. The molecule has 1 amide bonds. The smallest absolute Gasteiger partial charge is 0.253 e. The molecule has 4 heteroatoms. The molecule has 3 nitrogen and oxygen atoms in total. The maximum atomic E-state index is 12.0. The van der Waals surface area contributed by atoms with E-state index in [1.54, 1.807) is 30.1 Å². The van der Waals surface area contributed by atoms with Crippen LogP contribution in [0.3, 0.4) is 0 Å². The Hall–Kier alpha value is -1.03. The maximum Gasteiger partial charge on any atom is 0.253 e. The molecule has 1 aromatic rings. The Kier molecular flexibility index (Phi) is 4.35. The van der Waals surface area contributed by atoms with Crippen molar-refractivity contribution in [2.75, 3.05) is 19.3 Å². The van der Waals surface area contributed by atoms with Gasteiger partial charge in [-0.15, -0.1) is 0 Å². The minimum atomic E-state index is 0.00157. The number of carbonyl (C=O) groups excluding carboxylic acids is 1. The van der Waals surface area contributed by atoms with Crippen LogP contribution in [0.25, 0.3) is 0 Å². The predicted molar refractivity (Wildman–Crippen MR) is 70.4 cm³/mol. The first-order valence-corrected chi connectivity index (χ1v) is 6.01. The van der Waals surface area contributed by atoms with E-state index in [0.29, 0.717) is 17.2 Å². The Bertz CT molecular complexity index is 370. The lowest BCUT2D eigenvalue weighted by Gasteiger charge is -2.19. The number of nitrogens with two attached hydrogens (primary N) is 1. The van der Waals surface area contributed by atoms with E-state index in [-0.39, 0.29) is 5.91 Å². The second-order valence-corrected chi connectivity index (χ2v) is 5.27. The zero-order valence-corrected chi connectivity index (χ0v) is 11.4. The Morgan fingerprint density at radius 2 is 2.06 bits per heavy atom. The van der Waals surface area contributed by atoms with E-state index in [0.717, 1.165) is 11.0 Å². The fraction of sp³-hybridized carbons (Fsp3) is 0.417. The van der Waals surface area contributed by atoms with Gasteiger partial charge in [-0.3, -0.25) is 4.79 Å². The first kappa shape index (κ1) is 13.0. The highest BCUT2D eigenvalue weighted by molar-refractivity contribution is 9.10. The number of nitrogens with zero attached hydrogens (tertiary/aromatic N) is 1. The maximum absolute atomic E-state index is 12.0. The standard InChI is InChI=1S/C12H17BrN2O/c1-8(2)7-15(3)12(16)9-4-10(13)6-11(14)5-9/h4-6,8H,7,14H2,1-3H3. The summed E-state index contributed by atoms with van der Waals surface area (Å²) in [5, 5.41) is 0. The first-order chi connectivity index (χ1) is 7.40. The highest BCUT2D eigenvalue weighted by Gasteiger charge is 2.13. The molecular weight excluding hydrogens is 268 g/mol. The molecule has 0 aliphatic rings. The van der Waals surface area contributed by atoms with Gasteiger partial charge in [0.15, 0.2) is 0 Å². The zero-order chi connectivity index (χ0) is 12.3. The largest absolute Gasteiger partial charge is 0.399 e. The third-order valence-electron chi connectivity index (χ3n) is 2.15. The third kappa shape index (κ3) is 3.52. The van der Waals surface area contributed by atoms with Crippen LogP contribution in [-0.2, 0) is 0 Å². The van der Waals surface area contributed by atoms with Crippen molar-refractivity contribution in [3.8, 4) is 0 Å². The summed E-state index contributed by atoms with van der Waals surface area (Å²) < 4.78 is 0.828. The summed E-state index contributed by atoms with van der Waals surface area (Å²) in [6, 6.07) is 5.26. The van der Waals surface area contributed by atoms with Crippen LogP contribution < -0.4 is 5.73 Å². The van der Waals surface area contributed by atoms with Crippen LogP contribution in [-0.4, -0.2) is 24.4 Å². The zero-order valence-electron chi connectivity index (χ0n) is 9.83. The van der Waals surface area contributed by atoms with Gasteiger partial charge >= 0.3 is 0 Å².